The van der Waals surface area contributed by atoms with Gasteiger partial charge in [0.15, 0.2) is 0 Å². The van der Waals surface area contributed by atoms with Gasteiger partial charge in [0.25, 0.3) is 0 Å². The van der Waals surface area contributed by atoms with Crippen LogP contribution in [0.5, 0.6) is 0 Å². The molecule has 0 N–H and O–H groups in total. The zero-order valence-corrected chi connectivity index (χ0v) is 24.5. The van der Waals surface area contributed by atoms with Crippen molar-refractivity contribution in [2.45, 2.75) is 53.9 Å². The highest BCUT2D eigenvalue weighted by atomic mass is 14.2. The Morgan fingerprint density at radius 3 is 1.82 bits per heavy atom. The molecule has 0 amide bonds. The van der Waals surface area contributed by atoms with Crippen molar-refractivity contribution in [1.82, 2.24) is 0 Å². The molecule has 4 aromatic rings. The first-order valence-corrected chi connectivity index (χ1v) is 14.0. The largest absolute Gasteiger partial charge is 0.103 e. The van der Waals surface area contributed by atoms with Crippen molar-refractivity contribution in [3.63, 3.8) is 0 Å². The van der Waals surface area contributed by atoms with Gasteiger partial charge in [0.05, 0.1) is 0 Å². The van der Waals surface area contributed by atoms with E-state index in [2.05, 4.69) is 144 Å². The van der Waals surface area contributed by atoms with Crippen molar-refractivity contribution in [3.05, 3.63) is 161 Å². The molecule has 0 spiro atoms. The summed E-state index contributed by atoms with van der Waals surface area (Å²) in [6.07, 6.45) is 7.24. The van der Waals surface area contributed by atoms with E-state index in [-0.39, 0.29) is 0 Å². The predicted octanol–water partition coefficient (Wildman–Crippen LogP) is 10.8. The van der Waals surface area contributed by atoms with Gasteiger partial charge in [0.1, 0.15) is 0 Å². The maximum atomic E-state index is 4.34. The van der Waals surface area contributed by atoms with Crippen LogP contribution in [-0.2, 0) is 19.3 Å². The molecule has 0 heteroatoms. The molecule has 0 aliphatic heterocycles. The van der Waals surface area contributed by atoms with Crippen LogP contribution in [-0.4, -0.2) is 0 Å². The fourth-order valence-electron chi connectivity index (χ4n) is 4.84. The van der Waals surface area contributed by atoms with E-state index in [1.54, 1.807) is 6.08 Å². The van der Waals surface area contributed by atoms with Gasteiger partial charge in [-0.05, 0) is 92.8 Å². The molecule has 200 valence electrons. The topological polar surface area (TPSA) is 0 Å². The third-order valence-corrected chi connectivity index (χ3v) is 7.19. The molecule has 1 unspecified atom stereocenters. The molecule has 0 saturated heterocycles. The van der Waals surface area contributed by atoms with Crippen LogP contribution < -0.4 is 0 Å². The molecule has 0 aliphatic rings. The number of hydrogen-bond acceptors (Lipinski definition) is 0. The van der Waals surface area contributed by atoms with Crippen molar-refractivity contribution in [2.75, 3.05) is 0 Å². The van der Waals surface area contributed by atoms with E-state index in [0.717, 1.165) is 19.3 Å². The standard InChI is InChI=1S/C36H38.C3H6/c1-26(2)36(25-32-17-15-31(16-18-32)14-13-30-9-7-6-8-10-30)29(5)24-34-21-22-35(23-28(34)4)33-19-11-27(3)12-20-33;1-3-2/h6-12,15-24,36H,1,13-14,25H2,2-5H3;3H,1H2,2H3/b29-24+;. The molecule has 1 atom stereocenters. The van der Waals surface area contributed by atoms with Gasteiger partial charge in [0, 0.05) is 5.92 Å². The number of allylic oxidation sites excluding steroid dienone is 3. The first-order valence-electron chi connectivity index (χ1n) is 14.0. The second-order valence-electron chi connectivity index (χ2n) is 10.6. The highest BCUT2D eigenvalue weighted by Crippen LogP contribution is 2.28. The third-order valence-electron chi connectivity index (χ3n) is 7.19. The molecule has 0 aliphatic carbocycles. The summed E-state index contributed by atoms with van der Waals surface area (Å²) in [6.45, 7) is 18.3. The van der Waals surface area contributed by atoms with Gasteiger partial charge in [-0.3, -0.25) is 0 Å². The lowest BCUT2D eigenvalue weighted by molar-refractivity contribution is 0.714. The van der Waals surface area contributed by atoms with E-state index in [1.165, 1.54) is 55.7 Å². The minimum atomic E-state index is 0.330. The predicted molar refractivity (Wildman–Crippen MR) is 173 cm³/mol. The smallest absolute Gasteiger partial charge is 0.00424 e. The summed E-state index contributed by atoms with van der Waals surface area (Å²) in [5, 5.41) is 0. The summed E-state index contributed by atoms with van der Waals surface area (Å²) in [6, 6.07) is 35.5. The van der Waals surface area contributed by atoms with Gasteiger partial charge < -0.3 is 0 Å². The molecule has 0 nitrogen and oxygen atoms in total. The van der Waals surface area contributed by atoms with Gasteiger partial charge in [0.2, 0.25) is 0 Å². The lowest BCUT2D eigenvalue weighted by atomic mass is 9.85. The zero-order valence-electron chi connectivity index (χ0n) is 24.5. The fraction of sp³-hybridized carbons (Fsp3) is 0.231. The normalized spacial score (nSPS) is 11.8. The van der Waals surface area contributed by atoms with Crippen molar-refractivity contribution in [3.8, 4) is 11.1 Å². The van der Waals surface area contributed by atoms with Gasteiger partial charge >= 0.3 is 0 Å². The number of benzene rings is 4. The van der Waals surface area contributed by atoms with Crippen molar-refractivity contribution >= 4 is 6.08 Å². The van der Waals surface area contributed by atoms with Gasteiger partial charge in [-0.15, -0.1) is 6.58 Å². The van der Waals surface area contributed by atoms with Crippen molar-refractivity contribution < 1.29 is 0 Å². The quantitative estimate of drug-likeness (QED) is 0.196. The Balaban J connectivity index is 0.00000134. The molecule has 0 radical (unpaired) electrons. The zero-order chi connectivity index (χ0) is 28.2. The summed E-state index contributed by atoms with van der Waals surface area (Å²) in [7, 11) is 0. The highest BCUT2D eigenvalue weighted by molar-refractivity contribution is 5.68. The van der Waals surface area contributed by atoms with Gasteiger partial charge in [-0.25, -0.2) is 0 Å². The van der Waals surface area contributed by atoms with Crippen LogP contribution in [0.3, 0.4) is 0 Å². The minimum absolute atomic E-state index is 0.330. The summed E-state index contributed by atoms with van der Waals surface area (Å²) in [5.74, 6) is 0.330. The van der Waals surface area contributed by atoms with Crippen molar-refractivity contribution in [2.24, 2.45) is 5.92 Å². The van der Waals surface area contributed by atoms with E-state index < -0.39 is 0 Å². The molecule has 4 rings (SSSR count). The van der Waals surface area contributed by atoms with Gasteiger partial charge in [-0.1, -0.05) is 133 Å². The Bertz CT molecular complexity index is 1370. The number of rotatable bonds is 9. The molecule has 39 heavy (non-hydrogen) atoms. The lowest BCUT2D eigenvalue weighted by Crippen LogP contribution is -2.08. The molecule has 0 bridgehead atoms. The molecule has 0 heterocycles. The van der Waals surface area contributed by atoms with Crippen LogP contribution in [0.1, 0.15) is 54.2 Å². The molecule has 0 saturated carbocycles. The summed E-state index contributed by atoms with van der Waals surface area (Å²) >= 11 is 0. The number of aryl methyl sites for hydroxylation is 4. The second-order valence-corrected chi connectivity index (χ2v) is 10.6. The summed E-state index contributed by atoms with van der Waals surface area (Å²) < 4.78 is 0. The van der Waals surface area contributed by atoms with E-state index in [4.69, 9.17) is 0 Å². The van der Waals surface area contributed by atoms with E-state index in [1.807, 2.05) is 6.92 Å². The summed E-state index contributed by atoms with van der Waals surface area (Å²) in [4.78, 5) is 0. The second kappa shape index (κ2) is 14.9. The van der Waals surface area contributed by atoms with E-state index >= 15 is 0 Å². The lowest BCUT2D eigenvalue weighted by Gasteiger charge is -2.19. The van der Waals surface area contributed by atoms with Crippen LogP contribution in [0.15, 0.2) is 127 Å². The Hall–Kier alpha value is -3.90. The fourth-order valence-corrected chi connectivity index (χ4v) is 4.84. The van der Waals surface area contributed by atoms with Crippen molar-refractivity contribution in [1.29, 1.82) is 0 Å². The van der Waals surface area contributed by atoms with Crippen LogP contribution >= 0.6 is 0 Å². The Morgan fingerprint density at radius 1 is 0.718 bits per heavy atom. The maximum absolute atomic E-state index is 4.34. The van der Waals surface area contributed by atoms with E-state index in [0.29, 0.717) is 5.92 Å². The third kappa shape index (κ3) is 9.11. The SMILES string of the molecule is C=C(C)C(Cc1ccc(CCc2ccccc2)cc1)/C(C)=C/c1ccc(-c2ccc(C)cc2)cc1C.C=CC. The Morgan fingerprint density at radius 2 is 1.26 bits per heavy atom. The first-order chi connectivity index (χ1) is 18.8. The molecular weight excluding hydrogens is 468 g/mol. The highest BCUT2D eigenvalue weighted by Gasteiger charge is 2.14. The maximum Gasteiger partial charge on any atom is 0.00424 e. The van der Waals surface area contributed by atoms with E-state index in [9.17, 15) is 0 Å². The molecule has 0 aromatic heterocycles. The molecule has 4 aromatic carbocycles. The molecule has 0 fully saturated rings. The van der Waals surface area contributed by atoms with Gasteiger partial charge in [-0.2, -0.15) is 0 Å². The van der Waals surface area contributed by atoms with Crippen LogP contribution in [0.2, 0.25) is 0 Å². The average Bonchev–Trinajstić information content (AvgIpc) is 2.93. The summed E-state index contributed by atoms with van der Waals surface area (Å²) in [5.41, 5.74) is 13.1. The minimum Gasteiger partial charge on any atom is -0.103 e. The number of hydrogen-bond donors (Lipinski definition) is 0. The monoisotopic (exact) mass is 512 g/mol. The Kier molecular flexibility index (Phi) is 11.3. The first kappa shape index (κ1) is 29.7. The van der Waals surface area contributed by atoms with Crippen LogP contribution in [0.25, 0.3) is 17.2 Å². The Labute approximate surface area is 237 Å². The van der Waals surface area contributed by atoms with Crippen LogP contribution in [0, 0.1) is 19.8 Å². The molecular formula is C39H44. The average molecular weight is 513 g/mol. The van der Waals surface area contributed by atoms with Crippen LogP contribution in [0.4, 0.5) is 0 Å².